The Balaban J connectivity index is 3.56. The largest absolute Gasteiger partial charge is 0.480 e. The van der Waals surface area contributed by atoms with Crippen molar-refractivity contribution in [3.8, 4) is 0 Å². The third-order valence-electron chi connectivity index (χ3n) is 1.58. The first-order valence-corrected chi connectivity index (χ1v) is 3.99. The van der Waals surface area contributed by atoms with Crippen LogP contribution in [0, 0.1) is 0 Å². The number of aliphatic hydroxyl groups excluding tert-OH is 1. The number of nitrogens with two attached hydrogens (primary N) is 1. The Bertz CT molecular complexity index is 130. The van der Waals surface area contributed by atoms with Gasteiger partial charge < -0.3 is 15.9 Å². The highest BCUT2D eigenvalue weighted by atomic mass is 16.4. The number of carboxylic acids is 1. The van der Waals surface area contributed by atoms with Gasteiger partial charge in [0, 0.05) is 0 Å². The van der Waals surface area contributed by atoms with Gasteiger partial charge in [0.05, 0.1) is 6.73 Å². The fraction of sp³-hybridized carbons (Fsp3) is 0.857. The third-order valence-corrected chi connectivity index (χ3v) is 1.58. The molecule has 0 aromatic rings. The molecule has 0 aliphatic rings. The van der Waals surface area contributed by atoms with Crippen LogP contribution in [0.25, 0.3) is 0 Å². The Morgan fingerprint density at radius 3 is 2.58 bits per heavy atom. The molecule has 72 valence electrons. The van der Waals surface area contributed by atoms with Gasteiger partial charge in [-0.2, -0.15) is 0 Å². The molecule has 0 amide bonds. The first kappa shape index (κ1) is 11.4. The van der Waals surface area contributed by atoms with Crippen LogP contribution in [0.3, 0.4) is 0 Å². The molecule has 0 rings (SSSR count). The van der Waals surface area contributed by atoms with E-state index in [1.165, 1.54) is 0 Å². The molecule has 0 heterocycles. The highest BCUT2D eigenvalue weighted by Gasteiger charge is 2.14. The average Bonchev–Trinajstić information content (AvgIpc) is 2.03. The van der Waals surface area contributed by atoms with E-state index in [-0.39, 0.29) is 6.73 Å². The van der Waals surface area contributed by atoms with Crippen molar-refractivity contribution in [3.05, 3.63) is 0 Å². The van der Waals surface area contributed by atoms with Gasteiger partial charge in [0.25, 0.3) is 0 Å². The summed E-state index contributed by atoms with van der Waals surface area (Å²) in [7, 11) is 0. The van der Waals surface area contributed by atoms with Crippen LogP contribution in [-0.4, -0.2) is 35.5 Å². The summed E-state index contributed by atoms with van der Waals surface area (Å²) in [5.41, 5.74) is 5.25. The van der Waals surface area contributed by atoms with Crippen LogP contribution in [-0.2, 0) is 4.79 Å². The van der Waals surface area contributed by atoms with E-state index < -0.39 is 12.0 Å². The molecule has 0 radical (unpaired) electrons. The maximum atomic E-state index is 10.5. The van der Waals surface area contributed by atoms with Crippen molar-refractivity contribution < 1.29 is 15.0 Å². The minimum atomic E-state index is -0.930. The number of rotatable bonds is 7. The van der Waals surface area contributed by atoms with Crippen LogP contribution in [0.5, 0.6) is 0 Å². The molecule has 0 spiro atoms. The van der Waals surface area contributed by atoms with Gasteiger partial charge in [-0.05, 0) is 19.4 Å². The molecule has 0 aromatic carbocycles. The Kier molecular flexibility index (Phi) is 6.64. The van der Waals surface area contributed by atoms with E-state index in [4.69, 9.17) is 15.9 Å². The quantitative estimate of drug-likeness (QED) is 0.298. The van der Waals surface area contributed by atoms with Crippen LogP contribution in [0.2, 0.25) is 0 Å². The summed E-state index contributed by atoms with van der Waals surface area (Å²) in [6.07, 6.45) is 2.09. The molecule has 12 heavy (non-hydrogen) atoms. The van der Waals surface area contributed by atoms with E-state index in [9.17, 15) is 4.79 Å². The molecule has 0 bridgehead atoms. The number of hydrogen-bond acceptors (Lipinski definition) is 4. The molecule has 0 saturated carbocycles. The molecule has 0 aliphatic carbocycles. The smallest absolute Gasteiger partial charge is 0.320 e. The Hall–Kier alpha value is -0.650. The second kappa shape index (κ2) is 7.02. The molecule has 0 aromatic heterocycles. The Morgan fingerprint density at radius 1 is 1.50 bits per heavy atom. The topological polar surface area (TPSA) is 95.6 Å². The third kappa shape index (κ3) is 5.06. The normalized spacial score (nSPS) is 12.8. The van der Waals surface area contributed by atoms with E-state index >= 15 is 0 Å². The lowest BCUT2D eigenvalue weighted by Gasteiger charge is -2.11. The van der Waals surface area contributed by atoms with Crippen molar-refractivity contribution in [3.63, 3.8) is 0 Å². The molecule has 5 nitrogen and oxygen atoms in total. The summed E-state index contributed by atoms with van der Waals surface area (Å²) in [5, 5.41) is 19.5. The Morgan fingerprint density at radius 2 is 2.17 bits per heavy atom. The highest BCUT2D eigenvalue weighted by molar-refractivity contribution is 5.73. The van der Waals surface area contributed by atoms with Crippen molar-refractivity contribution in [2.45, 2.75) is 25.3 Å². The number of nitrogens with one attached hydrogen (secondary N) is 1. The van der Waals surface area contributed by atoms with E-state index in [0.29, 0.717) is 13.0 Å². The lowest BCUT2D eigenvalue weighted by Crippen LogP contribution is -2.37. The van der Waals surface area contributed by atoms with Crippen molar-refractivity contribution in [1.29, 1.82) is 0 Å². The van der Waals surface area contributed by atoms with Gasteiger partial charge in [-0.1, -0.05) is 6.42 Å². The molecular formula is C7H16N2O3. The summed E-state index contributed by atoms with van der Waals surface area (Å²) < 4.78 is 0. The maximum absolute atomic E-state index is 10.5. The van der Waals surface area contributed by atoms with Gasteiger partial charge in [0.15, 0.2) is 0 Å². The summed E-state index contributed by atoms with van der Waals surface area (Å²) in [5.74, 6) is -0.930. The van der Waals surface area contributed by atoms with Crippen molar-refractivity contribution >= 4 is 5.97 Å². The zero-order valence-corrected chi connectivity index (χ0v) is 6.99. The van der Waals surface area contributed by atoms with E-state index in [1.807, 2.05) is 0 Å². The predicted molar refractivity (Wildman–Crippen MR) is 44.6 cm³/mol. The SMILES string of the molecule is NCCCCC(NCO)C(=O)O. The number of carbonyl (C=O) groups is 1. The summed E-state index contributed by atoms with van der Waals surface area (Å²) in [6.45, 7) is 0.269. The predicted octanol–water partition coefficient (Wildman–Crippen LogP) is -0.892. The summed E-state index contributed by atoms with van der Waals surface area (Å²) in [6, 6.07) is -0.651. The number of hydrogen-bond donors (Lipinski definition) is 4. The second-order valence-corrected chi connectivity index (χ2v) is 2.54. The lowest BCUT2D eigenvalue weighted by molar-refractivity contribution is -0.140. The van der Waals surface area contributed by atoms with E-state index in [2.05, 4.69) is 5.32 Å². The van der Waals surface area contributed by atoms with Gasteiger partial charge in [0.2, 0.25) is 0 Å². The first-order valence-electron chi connectivity index (χ1n) is 3.99. The van der Waals surface area contributed by atoms with Crippen LogP contribution in [0.4, 0.5) is 0 Å². The van der Waals surface area contributed by atoms with Crippen LogP contribution >= 0.6 is 0 Å². The van der Waals surface area contributed by atoms with Crippen molar-refractivity contribution in [2.75, 3.05) is 13.3 Å². The Labute approximate surface area is 71.6 Å². The molecular weight excluding hydrogens is 160 g/mol. The van der Waals surface area contributed by atoms with Crippen LogP contribution < -0.4 is 11.1 Å². The van der Waals surface area contributed by atoms with Gasteiger partial charge in [-0.15, -0.1) is 0 Å². The fourth-order valence-electron chi connectivity index (χ4n) is 0.916. The van der Waals surface area contributed by atoms with Crippen molar-refractivity contribution in [1.82, 2.24) is 5.32 Å². The number of unbranched alkanes of at least 4 members (excludes halogenated alkanes) is 1. The minimum absolute atomic E-state index is 0.306. The average molecular weight is 176 g/mol. The van der Waals surface area contributed by atoms with Crippen molar-refractivity contribution in [2.24, 2.45) is 5.73 Å². The highest BCUT2D eigenvalue weighted by Crippen LogP contribution is 1.99. The first-order chi connectivity index (χ1) is 5.72. The number of carboxylic acid groups (broad SMARTS) is 1. The second-order valence-electron chi connectivity index (χ2n) is 2.54. The molecule has 0 fully saturated rings. The summed E-state index contributed by atoms with van der Waals surface area (Å²) >= 11 is 0. The monoisotopic (exact) mass is 176 g/mol. The van der Waals surface area contributed by atoms with Gasteiger partial charge in [0.1, 0.15) is 6.04 Å². The van der Waals surface area contributed by atoms with E-state index in [1.54, 1.807) is 0 Å². The van der Waals surface area contributed by atoms with Gasteiger partial charge >= 0.3 is 5.97 Å². The minimum Gasteiger partial charge on any atom is -0.480 e. The number of aliphatic carboxylic acids is 1. The summed E-state index contributed by atoms with van der Waals surface area (Å²) in [4.78, 5) is 10.5. The van der Waals surface area contributed by atoms with Crippen LogP contribution in [0.1, 0.15) is 19.3 Å². The van der Waals surface area contributed by atoms with Gasteiger partial charge in [-0.25, -0.2) is 0 Å². The molecule has 0 saturated heterocycles. The maximum Gasteiger partial charge on any atom is 0.320 e. The molecule has 5 heteroatoms. The fourth-order valence-corrected chi connectivity index (χ4v) is 0.916. The molecule has 1 unspecified atom stereocenters. The number of aliphatic hydroxyl groups is 1. The standard InChI is InChI=1S/C7H16N2O3/c8-4-2-1-3-6(7(11)12)9-5-10/h6,9-10H,1-5,8H2,(H,11,12). The zero-order chi connectivity index (χ0) is 9.40. The van der Waals surface area contributed by atoms with Crippen LogP contribution in [0.15, 0.2) is 0 Å². The molecule has 1 atom stereocenters. The van der Waals surface area contributed by atoms with Gasteiger partial charge in [-0.3, -0.25) is 10.1 Å². The van der Waals surface area contributed by atoms with E-state index in [0.717, 1.165) is 12.8 Å². The zero-order valence-electron chi connectivity index (χ0n) is 6.99. The molecule has 0 aliphatic heterocycles. The molecule has 5 N–H and O–H groups in total. The lowest BCUT2D eigenvalue weighted by atomic mass is 10.1.